The quantitative estimate of drug-likeness (QED) is 0.268. The highest BCUT2D eigenvalue weighted by atomic mass is 79.9. The number of hydrogen-bond acceptors (Lipinski definition) is 8. The van der Waals surface area contributed by atoms with E-state index in [-0.39, 0.29) is 27.3 Å². The van der Waals surface area contributed by atoms with E-state index in [1.165, 1.54) is 18.2 Å². The van der Waals surface area contributed by atoms with Crippen molar-refractivity contribution in [3.63, 3.8) is 0 Å². The zero-order chi connectivity index (χ0) is 17.1. The zero-order valence-corrected chi connectivity index (χ0v) is 12.8. The second kappa shape index (κ2) is 6.36. The van der Waals surface area contributed by atoms with Crippen molar-refractivity contribution >= 4 is 44.4 Å². The molecule has 0 spiro atoms. The summed E-state index contributed by atoms with van der Waals surface area (Å²) in [4.78, 5) is 20.3. The summed E-state index contributed by atoms with van der Waals surface area (Å²) in [5.41, 5.74) is 4.70. The number of nitrogens with two attached hydrogens (primary N) is 1. The Bertz CT molecular complexity index is 839. The topological polar surface area (TPSA) is 157 Å². The number of nitrogens with zero attached hydrogens (tertiary/aromatic N) is 4. The van der Waals surface area contributed by atoms with Crippen LogP contribution in [0.2, 0.25) is 0 Å². The molecule has 0 aliphatic carbocycles. The Morgan fingerprint density at radius 3 is 2.39 bits per heavy atom. The molecule has 10 nitrogen and oxygen atoms in total. The molecule has 0 unspecified atom stereocenters. The largest absolute Gasteiger partial charge is 0.508 e. The van der Waals surface area contributed by atoms with Gasteiger partial charge in [-0.05, 0) is 28.1 Å². The average molecular weight is 382 g/mol. The molecule has 0 saturated carbocycles. The summed E-state index contributed by atoms with van der Waals surface area (Å²) in [7, 11) is 0. The maximum atomic E-state index is 11.1. The number of phenolic OH excluding ortho intramolecular Hbond substituents is 1. The summed E-state index contributed by atoms with van der Waals surface area (Å²) in [6, 6.07) is 5.82. The van der Waals surface area contributed by atoms with Crippen LogP contribution in [0.4, 0.5) is 28.4 Å². The van der Waals surface area contributed by atoms with Gasteiger partial charge in [-0.3, -0.25) is 20.2 Å². The number of nitro benzene ring substituents is 2. The van der Waals surface area contributed by atoms with Crippen molar-refractivity contribution in [3.05, 3.63) is 55.0 Å². The van der Waals surface area contributed by atoms with E-state index in [0.29, 0.717) is 0 Å². The predicted octanol–water partition coefficient (Wildman–Crippen LogP) is 3.97. The third-order valence-corrected chi connectivity index (χ3v) is 3.31. The van der Waals surface area contributed by atoms with Gasteiger partial charge in [0.2, 0.25) is 0 Å². The summed E-state index contributed by atoms with van der Waals surface area (Å²) in [6.07, 6.45) is 0. The van der Waals surface area contributed by atoms with Crippen LogP contribution in [0.3, 0.4) is 0 Å². The number of hydrogen-bond donors (Lipinski definition) is 2. The lowest BCUT2D eigenvalue weighted by molar-refractivity contribution is -0.393. The van der Waals surface area contributed by atoms with Crippen LogP contribution in [0.1, 0.15) is 0 Å². The Labute approximate surface area is 136 Å². The number of rotatable bonds is 4. The molecule has 3 N–H and O–H groups in total. The van der Waals surface area contributed by atoms with Crippen LogP contribution in [-0.2, 0) is 0 Å². The first-order valence-electron chi connectivity index (χ1n) is 5.92. The van der Waals surface area contributed by atoms with E-state index in [1.54, 1.807) is 0 Å². The first kappa shape index (κ1) is 16.3. The van der Waals surface area contributed by atoms with E-state index >= 15 is 0 Å². The van der Waals surface area contributed by atoms with Crippen LogP contribution in [0.15, 0.2) is 45.0 Å². The van der Waals surface area contributed by atoms with Crippen LogP contribution < -0.4 is 5.73 Å². The Morgan fingerprint density at radius 1 is 1.09 bits per heavy atom. The molecule has 11 heteroatoms. The molecule has 0 radical (unpaired) electrons. The first-order valence-corrected chi connectivity index (χ1v) is 6.71. The van der Waals surface area contributed by atoms with Crippen LogP contribution in [0.5, 0.6) is 5.75 Å². The molecule has 0 aliphatic rings. The summed E-state index contributed by atoms with van der Waals surface area (Å²) < 4.78 is 0.0286. The third-order valence-electron chi connectivity index (χ3n) is 2.71. The summed E-state index contributed by atoms with van der Waals surface area (Å²) in [5, 5.41) is 38.7. The maximum Gasteiger partial charge on any atom is 0.304 e. The van der Waals surface area contributed by atoms with E-state index in [1.807, 2.05) is 0 Å². The number of nitro groups is 2. The maximum absolute atomic E-state index is 11.1. The smallest absolute Gasteiger partial charge is 0.304 e. The first-order chi connectivity index (χ1) is 10.8. The van der Waals surface area contributed by atoms with E-state index in [9.17, 15) is 25.3 Å². The van der Waals surface area contributed by atoms with Crippen molar-refractivity contribution in [1.29, 1.82) is 0 Å². The average Bonchev–Trinajstić information content (AvgIpc) is 2.48. The van der Waals surface area contributed by atoms with Crippen LogP contribution in [-0.4, -0.2) is 15.0 Å². The highest BCUT2D eigenvalue weighted by Gasteiger charge is 2.23. The van der Waals surface area contributed by atoms with Crippen molar-refractivity contribution in [2.45, 2.75) is 0 Å². The molecule has 2 aromatic carbocycles. The van der Waals surface area contributed by atoms with Gasteiger partial charge < -0.3 is 10.8 Å². The molecule has 0 amide bonds. The van der Waals surface area contributed by atoms with Gasteiger partial charge in [0.15, 0.2) is 5.69 Å². The fourth-order valence-corrected chi connectivity index (χ4v) is 2.15. The minimum atomic E-state index is -0.808. The molecule has 0 atom stereocenters. The lowest BCUT2D eigenvalue weighted by Crippen LogP contribution is -1.93. The lowest BCUT2D eigenvalue weighted by Gasteiger charge is -2.02. The molecular weight excluding hydrogens is 374 g/mol. The van der Waals surface area contributed by atoms with Gasteiger partial charge in [0.05, 0.1) is 26.1 Å². The number of azo groups is 1. The van der Waals surface area contributed by atoms with Crippen molar-refractivity contribution in [2.24, 2.45) is 10.2 Å². The zero-order valence-electron chi connectivity index (χ0n) is 11.2. The van der Waals surface area contributed by atoms with E-state index in [2.05, 4.69) is 26.2 Å². The molecule has 0 aliphatic heterocycles. The van der Waals surface area contributed by atoms with Crippen molar-refractivity contribution in [1.82, 2.24) is 0 Å². The number of aromatic hydroxyl groups is 1. The molecule has 2 aromatic rings. The van der Waals surface area contributed by atoms with E-state index in [4.69, 9.17) is 5.73 Å². The molecule has 0 fully saturated rings. The Hall–Kier alpha value is -3.08. The van der Waals surface area contributed by atoms with Gasteiger partial charge in [-0.15, -0.1) is 10.2 Å². The number of phenols is 1. The van der Waals surface area contributed by atoms with Crippen molar-refractivity contribution in [2.75, 3.05) is 5.73 Å². The SMILES string of the molecule is Nc1ccc(O)cc1N=Nc1c(Br)cc([N+](=O)[O-])cc1[N+](=O)[O-]. The molecular formula is C12H8BrN5O5. The molecule has 0 aromatic heterocycles. The van der Waals surface area contributed by atoms with E-state index < -0.39 is 21.2 Å². The number of anilines is 1. The van der Waals surface area contributed by atoms with Crippen LogP contribution >= 0.6 is 15.9 Å². The highest BCUT2D eigenvalue weighted by Crippen LogP contribution is 2.40. The summed E-state index contributed by atoms with van der Waals surface area (Å²) in [6.45, 7) is 0. The van der Waals surface area contributed by atoms with Gasteiger partial charge >= 0.3 is 5.69 Å². The highest BCUT2D eigenvalue weighted by molar-refractivity contribution is 9.10. The summed E-state index contributed by atoms with van der Waals surface area (Å²) >= 11 is 3.00. The Kier molecular flexibility index (Phi) is 4.50. The second-order valence-electron chi connectivity index (χ2n) is 4.25. The molecule has 2 rings (SSSR count). The Morgan fingerprint density at radius 2 is 1.78 bits per heavy atom. The number of non-ortho nitro benzene ring substituents is 1. The fraction of sp³-hybridized carbons (Fsp3) is 0. The minimum absolute atomic E-state index is 0.0286. The van der Waals surface area contributed by atoms with Crippen molar-refractivity contribution in [3.8, 4) is 5.75 Å². The van der Waals surface area contributed by atoms with E-state index in [0.717, 1.165) is 12.1 Å². The number of halogens is 1. The van der Waals surface area contributed by atoms with Gasteiger partial charge in [-0.25, -0.2) is 0 Å². The minimum Gasteiger partial charge on any atom is -0.508 e. The predicted molar refractivity (Wildman–Crippen MR) is 84.1 cm³/mol. The normalized spacial score (nSPS) is 10.8. The molecule has 118 valence electrons. The lowest BCUT2D eigenvalue weighted by atomic mass is 10.2. The standard InChI is InChI=1S/C12H8BrN5O5/c13-8-3-6(17(20)21)4-11(18(22)23)12(8)16-15-10-5-7(19)1-2-9(10)14/h1-5,19H,14H2. The van der Waals surface area contributed by atoms with Gasteiger partial charge in [-0.2, -0.15) is 0 Å². The molecule has 0 heterocycles. The fourth-order valence-electron chi connectivity index (χ4n) is 1.64. The second-order valence-corrected chi connectivity index (χ2v) is 5.11. The number of nitrogen functional groups attached to an aromatic ring is 1. The van der Waals surface area contributed by atoms with Gasteiger partial charge in [0, 0.05) is 12.1 Å². The third kappa shape index (κ3) is 3.58. The summed E-state index contributed by atoms with van der Waals surface area (Å²) in [5.74, 6) is -0.106. The van der Waals surface area contributed by atoms with Gasteiger partial charge in [0.1, 0.15) is 11.4 Å². The Balaban J connectivity index is 2.54. The number of benzene rings is 2. The van der Waals surface area contributed by atoms with Crippen LogP contribution in [0.25, 0.3) is 0 Å². The van der Waals surface area contributed by atoms with Gasteiger partial charge in [-0.1, -0.05) is 0 Å². The van der Waals surface area contributed by atoms with Crippen LogP contribution in [0, 0.1) is 20.2 Å². The molecule has 23 heavy (non-hydrogen) atoms. The van der Waals surface area contributed by atoms with Crippen molar-refractivity contribution < 1.29 is 15.0 Å². The monoisotopic (exact) mass is 381 g/mol. The van der Waals surface area contributed by atoms with Gasteiger partial charge in [0.25, 0.3) is 5.69 Å². The molecule has 0 bridgehead atoms. The molecule has 0 saturated heterocycles.